The molecule has 1 aliphatic heterocycles. The van der Waals surface area contributed by atoms with Gasteiger partial charge in [-0.25, -0.2) is 12.8 Å². The van der Waals surface area contributed by atoms with Crippen LogP contribution in [-0.4, -0.2) is 21.1 Å². The van der Waals surface area contributed by atoms with Gasteiger partial charge in [-0.15, -0.1) is 0 Å². The number of nitrogens with one attached hydrogen (secondary N) is 1. The van der Waals surface area contributed by atoms with E-state index in [0.717, 1.165) is 24.1 Å². The number of ether oxygens (including phenoxy) is 2. The molecule has 0 spiro atoms. The monoisotopic (exact) mass is 351 g/mol. The molecule has 0 aliphatic carbocycles. The first-order valence-electron chi connectivity index (χ1n) is 7.64. The van der Waals surface area contributed by atoms with Crippen LogP contribution in [0, 0.1) is 5.82 Å². The van der Waals surface area contributed by atoms with Crippen molar-refractivity contribution >= 4 is 15.7 Å². The van der Waals surface area contributed by atoms with Crippen LogP contribution in [0.5, 0.6) is 11.5 Å². The molecule has 5 nitrogen and oxygen atoms in total. The van der Waals surface area contributed by atoms with E-state index in [9.17, 15) is 12.8 Å². The van der Waals surface area contributed by atoms with Gasteiger partial charge >= 0.3 is 0 Å². The molecule has 2 aromatic carbocycles. The molecular weight excluding hydrogens is 333 g/mol. The van der Waals surface area contributed by atoms with E-state index in [1.54, 1.807) is 12.1 Å². The first-order chi connectivity index (χ1) is 11.4. The molecule has 2 aromatic rings. The summed E-state index contributed by atoms with van der Waals surface area (Å²) < 4.78 is 51.7. The third kappa shape index (κ3) is 3.31. The van der Waals surface area contributed by atoms with Gasteiger partial charge in [0.15, 0.2) is 0 Å². The summed E-state index contributed by atoms with van der Waals surface area (Å²) in [4.78, 5) is -0.0267. The van der Waals surface area contributed by atoms with Crippen LogP contribution in [0.3, 0.4) is 0 Å². The molecule has 128 valence electrons. The molecule has 1 heterocycles. The smallest absolute Gasteiger partial charge is 0.262 e. The Morgan fingerprint density at radius 1 is 1.29 bits per heavy atom. The first kappa shape index (κ1) is 16.6. The summed E-state index contributed by atoms with van der Waals surface area (Å²) in [5.41, 5.74) is 1.28. The van der Waals surface area contributed by atoms with E-state index in [2.05, 4.69) is 4.72 Å². The van der Waals surface area contributed by atoms with Crippen molar-refractivity contribution in [3.63, 3.8) is 0 Å². The van der Waals surface area contributed by atoms with Crippen LogP contribution in [0.25, 0.3) is 0 Å². The minimum Gasteiger partial charge on any atom is -0.492 e. The molecule has 3 rings (SSSR count). The van der Waals surface area contributed by atoms with E-state index in [1.807, 2.05) is 13.8 Å². The zero-order chi connectivity index (χ0) is 17.3. The highest BCUT2D eigenvalue weighted by Crippen LogP contribution is 2.38. The van der Waals surface area contributed by atoms with Crippen LogP contribution < -0.4 is 14.2 Å². The number of sulfonamides is 1. The van der Waals surface area contributed by atoms with Crippen molar-refractivity contribution in [1.82, 2.24) is 0 Å². The second kappa shape index (κ2) is 6.32. The van der Waals surface area contributed by atoms with Gasteiger partial charge in [0.2, 0.25) is 0 Å². The molecule has 1 atom stereocenters. The highest BCUT2D eigenvalue weighted by molar-refractivity contribution is 7.92. The number of hydrogen-bond acceptors (Lipinski definition) is 4. The average molecular weight is 351 g/mol. The molecule has 0 bridgehead atoms. The molecule has 0 amide bonds. The van der Waals surface area contributed by atoms with Gasteiger partial charge in [-0.2, -0.15) is 0 Å². The van der Waals surface area contributed by atoms with Crippen molar-refractivity contribution in [1.29, 1.82) is 0 Å². The lowest BCUT2D eigenvalue weighted by Crippen LogP contribution is -2.14. The van der Waals surface area contributed by atoms with Crippen LogP contribution in [0.15, 0.2) is 41.3 Å². The van der Waals surface area contributed by atoms with Crippen LogP contribution >= 0.6 is 0 Å². The summed E-state index contributed by atoms with van der Waals surface area (Å²) in [5, 5.41) is 0. The molecule has 0 aromatic heterocycles. The summed E-state index contributed by atoms with van der Waals surface area (Å²) in [5.74, 6) is 0.589. The van der Waals surface area contributed by atoms with E-state index in [0.29, 0.717) is 23.8 Å². The Labute approximate surface area is 140 Å². The molecule has 7 heteroatoms. The van der Waals surface area contributed by atoms with E-state index in [4.69, 9.17) is 9.47 Å². The highest BCUT2D eigenvalue weighted by atomic mass is 32.2. The fourth-order valence-corrected chi connectivity index (χ4v) is 3.67. The summed E-state index contributed by atoms with van der Waals surface area (Å²) in [6.45, 7) is 4.17. The van der Waals surface area contributed by atoms with Gasteiger partial charge in [0, 0.05) is 18.1 Å². The standard InChI is InChI=1S/C17H18FNO4S/c1-3-22-17-9-12-8-11(2)23-16(12)10-15(17)19-24(20,21)14-6-4-13(18)5-7-14/h4-7,9-11,19H,3,8H2,1-2H3/t11-/m1/s1. The normalized spacial score (nSPS) is 16.4. The SMILES string of the molecule is CCOc1cc2c(cc1NS(=O)(=O)c1ccc(F)cc1)O[C@H](C)C2. The van der Waals surface area contributed by atoms with Crippen molar-refractivity contribution in [2.45, 2.75) is 31.3 Å². The summed E-state index contributed by atoms with van der Waals surface area (Å²) >= 11 is 0. The van der Waals surface area contributed by atoms with Gasteiger partial charge in [0.1, 0.15) is 23.4 Å². The van der Waals surface area contributed by atoms with Gasteiger partial charge in [-0.1, -0.05) is 0 Å². The van der Waals surface area contributed by atoms with Crippen LogP contribution in [0.1, 0.15) is 19.4 Å². The maximum absolute atomic E-state index is 13.0. The average Bonchev–Trinajstić information content (AvgIpc) is 2.87. The lowest BCUT2D eigenvalue weighted by atomic mass is 10.1. The zero-order valence-electron chi connectivity index (χ0n) is 13.4. The Hall–Kier alpha value is -2.28. The third-order valence-electron chi connectivity index (χ3n) is 3.67. The first-order valence-corrected chi connectivity index (χ1v) is 9.12. The quantitative estimate of drug-likeness (QED) is 0.897. The van der Waals surface area contributed by atoms with Crippen molar-refractivity contribution in [3.05, 3.63) is 47.8 Å². The number of anilines is 1. The van der Waals surface area contributed by atoms with Gasteiger partial charge in [0.25, 0.3) is 10.0 Å². The summed E-state index contributed by atoms with van der Waals surface area (Å²) in [7, 11) is -3.85. The minimum atomic E-state index is -3.85. The van der Waals surface area contributed by atoms with E-state index in [1.165, 1.54) is 12.1 Å². The van der Waals surface area contributed by atoms with Crippen molar-refractivity contribution < 1.29 is 22.3 Å². The van der Waals surface area contributed by atoms with E-state index >= 15 is 0 Å². The van der Waals surface area contributed by atoms with Crippen LogP contribution in [-0.2, 0) is 16.4 Å². The Balaban J connectivity index is 1.96. The molecule has 1 N–H and O–H groups in total. The highest BCUT2D eigenvalue weighted by Gasteiger charge is 2.24. The second-order valence-corrected chi connectivity index (χ2v) is 7.26. The van der Waals surface area contributed by atoms with Gasteiger partial charge in [-0.05, 0) is 44.2 Å². The summed E-state index contributed by atoms with van der Waals surface area (Å²) in [6.07, 6.45) is 0.791. The number of benzene rings is 2. The molecule has 0 saturated carbocycles. The summed E-state index contributed by atoms with van der Waals surface area (Å²) in [6, 6.07) is 8.06. The Bertz CT molecular complexity index is 850. The second-order valence-electron chi connectivity index (χ2n) is 5.58. The van der Waals surface area contributed by atoms with E-state index in [-0.39, 0.29) is 11.0 Å². The number of fused-ring (bicyclic) bond motifs is 1. The van der Waals surface area contributed by atoms with Crippen molar-refractivity contribution in [2.75, 3.05) is 11.3 Å². The van der Waals surface area contributed by atoms with Gasteiger partial charge in [-0.3, -0.25) is 4.72 Å². The number of rotatable bonds is 5. The lowest BCUT2D eigenvalue weighted by Gasteiger charge is -2.14. The topological polar surface area (TPSA) is 64.6 Å². The number of hydrogen-bond donors (Lipinski definition) is 1. The van der Waals surface area contributed by atoms with Crippen molar-refractivity contribution in [2.24, 2.45) is 0 Å². The zero-order valence-corrected chi connectivity index (χ0v) is 14.2. The van der Waals surface area contributed by atoms with Gasteiger partial charge < -0.3 is 9.47 Å². The Morgan fingerprint density at radius 3 is 2.67 bits per heavy atom. The largest absolute Gasteiger partial charge is 0.492 e. The Morgan fingerprint density at radius 2 is 2.00 bits per heavy atom. The molecule has 24 heavy (non-hydrogen) atoms. The number of halogens is 1. The predicted octanol–water partition coefficient (Wildman–Crippen LogP) is 3.35. The van der Waals surface area contributed by atoms with Crippen molar-refractivity contribution in [3.8, 4) is 11.5 Å². The molecule has 0 radical (unpaired) electrons. The molecule has 0 saturated heterocycles. The molecule has 0 unspecified atom stereocenters. The lowest BCUT2D eigenvalue weighted by molar-refractivity contribution is 0.254. The third-order valence-corrected chi connectivity index (χ3v) is 5.05. The maximum atomic E-state index is 13.0. The van der Waals surface area contributed by atoms with E-state index < -0.39 is 15.8 Å². The molecular formula is C17H18FNO4S. The van der Waals surface area contributed by atoms with Gasteiger partial charge in [0.05, 0.1) is 17.2 Å². The molecule has 1 aliphatic rings. The van der Waals surface area contributed by atoms with Crippen LogP contribution in [0.2, 0.25) is 0 Å². The minimum absolute atomic E-state index is 0.0267. The fourth-order valence-electron chi connectivity index (χ4n) is 2.61. The predicted molar refractivity (Wildman–Crippen MR) is 88.6 cm³/mol. The maximum Gasteiger partial charge on any atom is 0.262 e. The Kier molecular flexibility index (Phi) is 4.36. The fraction of sp³-hybridized carbons (Fsp3) is 0.294. The molecule has 0 fully saturated rings. The van der Waals surface area contributed by atoms with Crippen LogP contribution in [0.4, 0.5) is 10.1 Å².